The zero-order chi connectivity index (χ0) is 17.8. The van der Waals surface area contributed by atoms with Gasteiger partial charge in [0.15, 0.2) is 0 Å². The Morgan fingerprint density at radius 1 is 1.16 bits per heavy atom. The number of anilines is 1. The number of carboxylic acids is 1. The van der Waals surface area contributed by atoms with Crippen LogP contribution in [0.5, 0.6) is 0 Å². The lowest BCUT2D eigenvalue weighted by atomic mass is 9.77. The summed E-state index contributed by atoms with van der Waals surface area (Å²) in [5.74, 6) is -1.70. The molecule has 1 fully saturated rings. The summed E-state index contributed by atoms with van der Waals surface area (Å²) in [5.41, 5.74) is -0.819. The smallest absolute Gasteiger partial charge is 0.329 e. The van der Waals surface area contributed by atoms with Crippen LogP contribution in [-0.4, -0.2) is 37.5 Å². The molecule has 7 nitrogen and oxygen atoms in total. The van der Waals surface area contributed by atoms with Crippen molar-refractivity contribution < 1.29 is 23.1 Å². The molecule has 4 rings (SSSR count). The molecule has 25 heavy (non-hydrogen) atoms. The van der Waals surface area contributed by atoms with E-state index < -0.39 is 34.0 Å². The molecule has 1 amide bonds. The molecule has 1 aliphatic heterocycles. The number of sulfonamides is 1. The van der Waals surface area contributed by atoms with E-state index in [0.29, 0.717) is 23.9 Å². The van der Waals surface area contributed by atoms with Crippen LogP contribution < -0.4 is 9.62 Å². The van der Waals surface area contributed by atoms with Gasteiger partial charge in [0.05, 0.1) is 10.6 Å². The van der Waals surface area contributed by atoms with Crippen LogP contribution in [0.15, 0.2) is 41.3 Å². The van der Waals surface area contributed by atoms with Gasteiger partial charge in [0.25, 0.3) is 10.0 Å². The second-order valence-electron chi connectivity index (χ2n) is 6.43. The molecular weight excluding hydrogens is 344 g/mol. The lowest BCUT2D eigenvalue weighted by molar-refractivity contribution is -0.151. The molecule has 130 valence electrons. The number of hydrogen-bond acceptors (Lipinski definition) is 4. The number of nitrogens with one attached hydrogen (secondary N) is 1. The maximum absolute atomic E-state index is 12.8. The fourth-order valence-corrected chi connectivity index (χ4v) is 5.15. The third-order valence-electron chi connectivity index (χ3n) is 4.96. The lowest BCUT2D eigenvalue weighted by Crippen LogP contribution is -2.60. The number of carboxylic acid groups (broad SMARTS) is 1. The molecule has 0 radical (unpaired) electrons. The zero-order valence-electron chi connectivity index (χ0n) is 13.2. The molecule has 0 aromatic heterocycles. The van der Waals surface area contributed by atoms with Crippen molar-refractivity contribution in [2.75, 3.05) is 10.8 Å². The van der Waals surface area contributed by atoms with Gasteiger partial charge in [0.2, 0.25) is 5.91 Å². The van der Waals surface area contributed by atoms with Crippen LogP contribution in [0, 0.1) is 0 Å². The molecule has 1 aliphatic carbocycles. The molecule has 2 aromatic carbocycles. The molecule has 1 saturated carbocycles. The second kappa shape index (κ2) is 5.19. The Hall–Kier alpha value is -2.61. The molecule has 0 atom stereocenters. The Balaban J connectivity index is 1.67. The molecule has 0 bridgehead atoms. The first-order valence-electron chi connectivity index (χ1n) is 7.94. The van der Waals surface area contributed by atoms with Gasteiger partial charge in [-0.2, -0.15) is 0 Å². The first kappa shape index (κ1) is 15.9. The van der Waals surface area contributed by atoms with Crippen molar-refractivity contribution in [3.05, 3.63) is 36.4 Å². The highest BCUT2D eigenvalue weighted by atomic mass is 32.2. The van der Waals surface area contributed by atoms with Crippen molar-refractivity contribution in [3.63, 3.8) is 0 Å². The van der Waals surface area contributed by atoms with Crippen LogP contribution in [0.3, 0.4) is 0 Å². The number of carbonyl (C=O) groups is 2. The van der Waals surface area contributed by atoms with Gasteiger partial charge in [0, 0.05) is 5.39 Å². The normalized spacial score (nSPS) is 19.4. The number of hydrogen-bond donors (Lipinski definition) is 2. The van der Waals surface area contributed by atoms with Crippen molar-refractivity contribution in [1.29, 1.82) is 0 Å². The van der Waals surface area contributed by atoms with E-state index in [9.17, 15) is 23.1 Å². The van der Waals surface area contributed by atoms with Gasteiger partial charge in [-0.3, -0.25) is 9.10 Å². The number of rotatable bonds is 4. The minimum atomic E-state index is -3.83. The summed E-state index contributed by atoms with van der Waals surface area (Å²) in [6, 6.07) is 10.2. The quantitative estimate of drug-likeness (QED) is 0.859. The summed E-state index contributed by atoms with van der Waals surface area (Å²) in [5, 5.41) is 13.2. The van der Waals surface area contributed by atoms with Gasteiger partial charge in [-0.1, -0.05) is 24.3 Å². The number of amides is 1. The summed E-state index contributed by atoms with van der Waals surface area (Å²) >= 11 is 0. The van der Waals surface area contributed by atoms with E-state index in [-0.39, 0.29) is 4.90 Å². The highest BCUT2D eigenvalue weighted by molar-refractivity contribution is 7.93. The van der Waals surface area contributed by atoms with E-state index in [2.05, 4.69) is 5.32 Å². The van der Waals surface area contributed by atoms with Crippen LogP contribution in [0.25, 0.3) is 10.8 Å². The molecule has 0 saturated heterocycles. The Kier molecular flexibility index (Phi) is 3.30. The molecule has 0 spiro atoms. The summed E-state index contributed by atoms with van der Waals surface area (Å²) in [6.45, 7) is -0.439. The van der Waals surface area contributed by atoms with Crippen LogP contribution in [0.1, 0.15) is 19.3 Å². The Bertz CT molecular complexity index is 1010. The minimum Gasteiger partial charge on any atom is -0.480 e. The lowest BCUT2D eigenvalue weighted by Gasteiger charge is -2.38. The standard InChI is InChI=1S/C17H16N2O5S/c20-14(18-17(16(21)22)8-3-9-17)10-19-12-6-1-4-11-5-2-7-13(15(11)12)25(19,23)24/h1-2,4-7H,3,8-10H2,(H,18,20)(H,21,22). The fraction of sp³-hybridized carbons (Fsp3) is 0.294. The van der Waals surface area contributed by atoms with E-state index >= 15 is 0 Å². The highest BCUT2D eigenvalue weighted by Crippen LogP contribution is 2.41. The third kappa shape index (κ3) is 2.21. The molecule has 2 aromatic rings. The Labute approximate surface area is 144 Å². The maximum atomic E-state index is 12.8. The van der Waals surface area contributed by atoms with Crippen molar-refractivity contribution in [2.24, 2.45) is 0 Å². The highest BCUT2D eigenvalue weighted by Gasteiger charge is 2.46. The van der Waals surface area contributed by atoms with Gasteiger partial charge in [-0.15, -0.1) is 0 Å². The molecule has 2 N–H and O–H groups in total. The predicted octanol–water partition coefficient (Wildman–Crippen LogP) is 1.47. The summed E-state index contributed by atoms with van der Waals surface area (Å²) < 4.78 is 26.7. The van der Waals surface area contributed by atoms with Gasteiger partial charge in [-0.25, -0.2) is 13.2 Å². The summed E-state index contributed by atoms with van der Waals surface area (Å²) in [7, 11) is -3.83. The van der Waals surface area contributed by atoms with Crippen LogP contribution in [0.4, 0.5) is 5.69 Å². The first-order chi connectivity index (χ1) is 11.8. The van der Waals surface area contributed by atoms with E-state index in [0.717, 1.165) is 16.1 Å². The number of nitrogens with zero attached hydrogens (tertiary/aromatic N) is 1. The van der Waals surface area contributed by atoms with Gasteiger partial charge >= 0.3 is 5.97 Å². The van der Waals surface area contributed by atoms with Gasteiger partial charge in [-0.05, 0) is 36.8 Å². The average molecular weight is 360 g/mol. The van der Waals surface area contributed by atoms with Gasteiger partial charge < -0.3 is 10.4 Å². The number of aliphatic carboxylic acids is 1. The van der Waals surface area contributed by atoms with Gasteiger partial charge in [0.1, 0.15) is 12.1 Å². The SMILES string of the molecule is O=C(CN1c2cccc3cccc(c23)S1(=O)=O)NC1(C(=O)O)CCC1. The van der Waals surface area contributed by atoms with Crippen molar-refractivity contribution >= 4 is 38.4 Å². The fourth-order valence-electron chi connectivity index (χ4n) is 3.49. The average Bonchev–Trinajstić information content (AvgIpc) is 2.74. The van der Waals surface area contributed by atoms with Crippen LogP contribution in [-0.2, 0) is 19.6 Å². The maximum Gasteiger partial charge on any atom is 0.329 e. The number of benzene rings is 2. The Morgan fingerprint density at radius 2 is 1.84 bits per heavy atom. The third-order valence-corrected chi connectivity index (χ3v) is 6.77. The summed E-state index contributed by atoms with van der Waals surface area (Å²) in [6.07, 6.45) is 1.44. The number of carbonyl (C=O) groups excluding carboxylic acids is 1. The van der Waals surface area contributed by atoms with Crippen LogP contribution >= 0.6 is 0 Å². The largest absolute Gasteiger partial charge is 0.480 e. The first-order valence-corrected chi connectivity index (χ1v) is 9.38. The van der Waals surface area contributed by atoms with Crippen molar-refractivity contribution in [1.82, 2.24) is 5.32 Å². The van der Waals surface area contributed by atoms with E-state index in [1.54, 1.807) is 18.2 Å². The second-order valence-corrected chi connectivity index (χ2v) is 8.26. The van der Waals surface area contributed by atoms with Crippen molar-refractivity contribution in [2.45, 2.75) is 29.7 Å². The molecule has 2 aliphatic rings. The topological polar surface area (TPSA) is 104 Å². The van der Waals surface area contributed by atoms with Crippen molar-refractivity contribution in [3.8, 4) is 0 Å². The predicted molar refractivity (Wildman–Crippen MR) is 90.8 cm³/mol. The molecular formula is C17H16N2O5S. The molecule has 8 heteroatoms. The monoisotopic (exact) mass is 360 g/mol. The molecule has 1 heterocycles. The Morgan fingerprint density at radius 3 is 2.44 bits per heavy atom. The van der Waals surface area contributed by atoms with E-state index in [1.807, 2.05) is 12.1 Å². The van der Waals surface area contributed by atoms with E-state index in [4.69, 9.17) is 0 Å². The summed E-state index contributed by atoms with van der Waals surface area (Å²) in [4.78, 5) is 23.9. The van der Waals surface area contributed by atoms with Crippen LogP contribution in [0.2, 0.25) is 0 Å². The zero-order valence-corrected chi connectivity index (χ0v) is 14.0. The van der Waals surface area contributed by atoms with E-state index in [1.165, 1.54) is 6.07 Å². The molecule has 0 unspecified atom stereocenters. The minimum absolute atomic E-state index is 0.171.